The minimum absolute atomic E-state index is 0.697. The van der Waals surface area contributed by atoms with E-state index in [4.69, 9.17) is 16.3 Å². The Hall–Kier alpha value is -1.47. The summed E-state index contributed by atoms with van der Waals surface area (Å²) in [7, 11) is 1.63. The van der Waals surface area contributed by atoms with Gasteiger partial charge in [-0.2, -0.15) is 0 Å². The fraction of sp³-hybridized carbons (Fsp3) is 0.0714. The van der Waals surface area contributed by atoms with E-state index in [2.05, 4.69) is 0 Å². The second-order valence-corrected chi connectivity index (χ2v) is 3.85. The number of benzene rings is 2. The van der Waals surface area contributed by atoms with Gasteiger partial charge in [-0.15, -0.1) is 0 Å². The largest absolute Gasteiger partial charge is 0.497 e. The molecule has 0 unspecified atom stereocenters. The molecule has 0 spiro atoms. The van der Waals surface area contributed by atoms with Gasteiger partial charge in [0.2, 0.25) is 0 Å². The molecule has 81 valence electrons. The van der Waals surface area contributed by atoms with Gasteiger partial charge in [-0.25, -0.2) is 0 Å². The third kappa shape index (κ3) is 2.56. The Bertz CT molecular complexity index is 465. The molecule has 0 saturated heterocycles. The first-order chi connectivity index (χ1) is 7.79. The van der Waals surface area contributed by atoms with E-state index < -0.39 is 0 Å². The van der Waals surface area contributed by atoms with Crippen molar-refractivity contribution in [3.63, 3.8) is 0 Å². The Morgan fingerprint density at radius 2 is 1.81 bits per heavy atom. The molecule has 0 aliphatic carbocycles. The molecule has 2 heteroatoms. The van der Waals surface area contributed by atoms with Crippen molar-refractivity contribution in [2.75, 3.05) is 7.11 Å². The highest BCUT2D eigenvalue weighted by Gasteiger charge is 2.03. The molecule has 16 heavy (non-hydrogen) atoms. The molecule has 0 N–H and O–H groups in total. The van der Waals surface area contributed by atoms with Crippen LogP contribution < -0.4 is 4.74 Å². The maximum absolute atomic E-state index is 6.15. The van der Waals surface area contributed by atoms with Gasteiger partial charge >= 0.3 is 0 Å². The van der Waals surface area contributed by atoms with Crippen molar-refractivity contribution in [3.8, 4) is 5.75 Å². The highest BCUT2D eigenvalue weighted by Crippen LogP contribution is 2.25. The van der Waals surface area contributed by atoms with E-state index in [9.17, 15) is 0 Å². The zero-order valence-electron chi connectivity index (χ0n) is 8.98. The normalized spacial score (nSPS) is 10.1. The Kier molecular flexibility index (Phi) is 3.47. The molecular formula is C14H12ClO. The lowest BCUT2D eigenvalue weighted by Crippen LogP contribution is -1.88. The summed E-state index contributed by atoms with van der Waals surface area (Å²) in [4.78, 5) is 0. The van der Waals surface area contributed by atoms with Crippen LogP contribution >= 0.6 is 11.6 Å². The third-order valence-corrected chi connectivity index (χ3v) is 2.66. The maximum atomic E-state index is 6.15. The zero-order chi connectivity index (χ0) is 11.4. The first-order valence-corrected chi connectivity index (χ1v) is 5.41. The van der Waals surface area contributed by atoms with E-state index in [1.54, 1.807) is 7.11 Å². The van der Waals surface area contributed by atoms with E-state index in [-0.39, 0.29) is 0 Å². The summed E-state index contributed by atoms with van der Waals surface area (Å²) in [5.74, 6) is 0.773. The van der Waals surface area contributed by atoms with Crippen LogP contribution in [0.25, 0.3) is 0 Å². The Labute approximate surface area is 101 Å². The van der Waals surface area contributed by atoms with Crippen LogP contribution in [-0.2, 0) is 0 Å². The Morgan fingerprint density at radius 3 is 2.44 bits per heavy atom. The van der Waals surface area contributed by atoms with Crippen LogP contribution in [0.15, 0.2) is 48.5 Å². The maximum Gasteiger partial charge on any atom is 0.120 e. The number of hydrogen-bond acceptors (Lipinski definition) is 1. The molecule has 0 heterocycles. The third-order valence-electron chi connectivity index (χ3n) is 2.33. The molecule has 1 nitrogen and oxygen atoms in total. The van der Waals surface area contributed by atoms with Crippen molar-refractivity contribution in [2.24, 2.45) is 0 Å². The molecule has 2 rings (SSSR count). The van der Waals surface area contributed by atoms with Gasteiger partial charge in [0.15, 0.2) is 0 Å². The van der Waals surface area contributed by atoms with Crippen LogP contribution in [0.5, 0.6) is 5.75 Å². The lowest BCUT2D eigenvalue weighted by Gasteiger charge is -2.06. The highest BCUT2D eigenvalue weighted by molar-refractivity contribution is 6.31. The van der Waals surface area contributed by atoms with Crippen LogP contribution in [0.4, 0.5) is 0 Å². The molecule has 0 aliphatic rings. The average molecular weight is 232 g/mol. The molecular weight excluding hydrogens is 220 g/mol. The van der Waals surface area contributed by atoms with Crippen LogP contribution in [0.2, 0.25) is 5.02 Å². The topological polar surface area (TPSA) is 9.23 Å². The van der Waals surface area contributed by atoms with Crippen molar-refractivity contribution in [1.29, 1.82) is 0 Å². The van der Waals surface area contributed by atoms with Crippen LogP contribution in [0.3, 0.4) is 0 Å². The molecule has 0 aliphatic heterocycles. The van der Waals surface area contributed by atoms with Crippen LogP contribution in [0, 0.1) is 6.42 Å². The van der Waals surface area contributed by atoms with Gasteiger partial charge in [-0.3, -0.25) is 0 Å². The van der Waals surface area contributed by atoms with Gasteiger partial charge in [0.05, 0.1) is 7.11 Å². The molecule has 0 fully saturated rings. The smallest absolute Gasteiger partial charge is 0.120 e. The molecule has 2 aromatic rings. The summed E-state index contributed by atoms with van der Waals surface area (Å²) in [6, 6.07) is 15.8. The number of ether oxygens (including phenoxy) is 1. The first kappa shape index (κ1) is 11.0. The second-order valence-electron chi connectivity index (χ2n) is 3.44. The minimum Gasteiger partial charge on any atom is -0.497 e. The lowest BCUT2D eigenvalue weighted by molar-refractivity contribution is 0.415. The number of hydrogen-bond donors (Lipinski definition) is 0. The molecule has 0 atom stereocenters. The summed E-state index contributed by atoms with van der Waals surface area (Å²) in [5, 5.41) is 0.697. The van der Waals surface area contributed by atoms with Crippen molar-refractivity contribution in [1.82, 2.24) is 0 Å². The first-order valence-electron chi connectivity index (χ1n) is 5.03. The summed E-state index contributed by atoms with van der Waals surface area (Å²) in [6.07, 6.45) is 2.04. The van der Waals surface area contributed by atoms with Crippen LogP contribution in [0.1, 0.15) is 11.1 Å². The lowest BCUT2D eigenvalue weighted by atomic mass is 10.1. The monoisotopic (exact) mass is 231 g/mol. The highest BCUT2D eigenvalue weighted by atomic mass is 35.5. The SMILES string of the molecule is COc1ccc([CH]c2ccccc2)c(Cl)c1. The van der Waals surface area contributed by atoms with Crippen LogP contribution in [-0.4, -0.2) is 7.11 Å². The standard InChI is InChI=1S/C14H12ClO/c1-16-13-8-7-12(14(15)10-13)9-11-5-3-2-4-6-11/h2-10H,1H3. The van der Waals surface area contributed by atoms with Crippen molar-refractivity contribution in [3.05, 3.63) is 71.1 Å². The minimum atomic E-state index is 0.697. The quantitative estimate of drug-likeness (QED) is 0.777. The number of halogens is 1. The fourth-order valence-electron chi connectivity index (χ4n) is 1.48. The summed E-state index contributed by atoms with van der Waals surface area (Å²) >= 11 is 6.15. The van der Waals surface area contributed by atoms with E-state index in [1.165, 1.54) is 0 Å². The zero-order valence-corrected chi connectivity index (χ0v) is 9.74. The molecule has 0 amide bonds. The Balaban J connectivity index is 2.22. The second kappa shape index (κ2) is 5.04. The number of rotatable bonds is 3. The van der Waals surface area contributed by atoms with E-state index in [0.717, 1.165) is 16.9 Å². The summed E-state index contributed by atoms with van der Waals surface area (Å²) in [5.41, 5.74) is 2.13. The van der Waals surface area contributed by atoms with Gasteiger partial charge in [0, 0.05) is 11.4 Å². The van der Waals surface area contributed by atoms with E-state index in [1.807, 2.05) is 55.0 Å². The summed E-state index contributed by atoms with van der Waals surface area (Å²) < 4.78 is 5.10. The van der Waals surface area contributed by atoms with Crippen molar-refractivity contribution in [2.45, 2.75) is 0 Å². The van der Waals surface area contributed by atoms with Gasteiger partial charge in [0.25, 0.3) is 0 Å². The van der Waals surface area contributed by atoms with Gasteiger partial charge < -0.3 is 4.74 Å². The van der Waals surface area contributed by atoms with Gasteiger partial charge in [0.1, 0.15) is 5.75 Å². The predicted octanol–water partition coefficient (Wildman–Crippen LogP) is 3.95. The van der Waals surface area contributed by atoms with E-state index in [0.29, 0.717) is 5.02 Å². The Morgan fingerprint density at radius 1 is 1.06 bits per heavy atom. The van der Waals surface area contributed by atoms with Crippen molar-refractivity contribution < 1.29 is 4.74 Å². The summed E-state index contributed by atoms with van der Waals surface area (Å²) in [6.45, 7) is 0. The molecule has 0 saturated carbocycles. The molecule has 0 aromatic heterocycles. The molecule has 2 aromatic carbocycles. The predicted molar refractivity (Wildman–Crippen MR) is 67.0 cm³/mol. The van der Waals surface area contributed by atoms with Crippen molar-refractivity contribution >= 4 is 11.6 Å². The fourth-order valence-corrected chi connectivity index (χ4v) is 1.71. The van der Waals surface area contributed by atoms with Gasteiger partial charge in [-0.1, -0.05) is 48.0 Å². The average Bonchev–Trinajstić information content (AvgIpc) is 2.33. The van der Waals surface area contributed by atoms with Gasteiger partial charge in [-0.05, 0) is 23.3 Å². The molecule has 1 radical (unpaired) electrons. The van der Waals surface area contributed by atoms with E-state index >= 15 is 0 Å². The molecule has 0 bridgehead atoms. The number of methoxy groups -OCH3 is 1.